The number of rotatable bonds is 3. The number of nitrogens with one attached hydrogen (secondary N) is 1. The maximum atomic E-state index is 11.9. The van der Waals surface area contributed by atoms with Gasteiger partial charge in [-0.05, 0) is 40.2 Å². The molecule has 7 heteroatoms. The zero-order valence-corrected chi connectivity index (χ0v) is 13.4. The molecule has 1 heterocycles. The number of pyridine rings is 1. The zero-order valence-electron chi connectivity index (χ0n) is 10.3. The van der Waals surface area contributed by atoms with Gasteiger partial charge in [0.25, 0.3) is 5.56 Å². The second kappa shape index (κ2) is 6.23. The second-order valence-electron chi connectivity index (χ2n) is 4.10. The number of nitrogen functional groups attached to an aromatic ring is 1. The van der Waals surface area contributed by atoms with Crippen molar-refractivity contribution >= 4 is 49.1 Å². The molecule has 0 spiro atoms. The van der Waals surface area contributed by atoms with Gasteiger partial charge in [0.15, 0.2) is 0 Å². The molecular formula is C13H11Br2N3O2. The molecule has 1 aromatic heterocycles. The number of nitrogens with zero attached hydrogens (tertiary/aromatic N) is 1. The zero-order chi connectivity index (χ0) is 14.7. The maximum Gasteiger partial charge on any atom is 0.251 e. The summed E-state index contributed by atoms with van der Waals surface area (Å²) in [6.07, 6.45) is 1.44. The summed E-state index contributed by atoms with van der Waals surface area (Å²) in [5.74, 6) is -0.305. The van der Waals surface area contributed by atoms with E-state index in [0.29, 0.717) is 11.4 Å². The number of amides is 1. The SMILES string of the molecule is Nc1ccc(=O)n(CC(=O)Nc2ccc(Br)cc2Br)c1. The number of nitrogens with two attached hydrogens (primary N) is 1. The first-order valence-electron chi connectivity index (χ1n) is 5.66. The van der Waals surface area contributed by atoms with Crippen LogP contribution in [-0.2, 0) is 11.3 Å². The molecule has 0 aliphatic carbocycles. The lowest BCUT2D eigenvalue weighted by atomic mass is 10.3. The third-order valence-electron chi connectivity index (χ3n) is 2.53. The molecule has 1 aromatic carbocycles. The smallest absolute Gasteiger partial charge is 0.251 e. The highest BCUT2D eigenvalue weighted by molar-refractivity contribution is 9.11. The van der Waals surface area contributed by atoms with E-state index in [2.05, 4.69) is 37.2 Å². The van der Waals surface area contributed by atoms with Crippen molar-refractivity contribution in [1.29, 1.82) is 0 Å². The van der Waals surface area contributed by atoms with Crippen molar-refractivity contribution in [3.8, 4) is 0 Å². The van der Waals surface area contributed by atoms with Crippen molar-refractivity contribution in [3.63, 3.8) is 0 Å². The van der Waals surface area contributed by atoms with Crippen LogP contribution < -0.4 is 16.6 Å². The van der Waals surface area contributed by atoms with E-state index >= 15 is 0 Å². The number of carbonyl (C=O) groups excluding carboxylic acids is 1. The molecule has 0 radical (unpaired) electrons. The topological polar surface area (TPSA) is 77.1 Å². The van der Waals surface area contributed by atoms with Crippen LogP contribution in [0.25, 0.3) is 0 Å². The van der Waals surface area contributed by atoms with Gasteiger partial charge in [-0.1, -0.05) is 15.9 Å². The predicted molar refractivity (Wildman–Crippen MR) is 85.6 cm³/mol. The Balaban J connectivity index is 2.13. The van der Waals surface area contributed by atoms with Gasteiger partial charge in [0.2, 0.25) is 5.91 Å². The standard InChI is InChI=1S/C13H11Br2N3O2/c14-8-1-3-11(10(15)5-8)17-12(19)7-18-6-9(16)2-4-13(18)20/h1-6H,7,16H2,(H,17,19). The van der Waals surface area contributed by atoms with Crippen molar-refractivity contribution in [2.45, 2.75) is 6.54 Å². The largest absolute Gasteiger partial charge is 0.398 e. The fraction of sp³-hybridized carbons (Fsp3) is 0.0769. The Kier molecular flexibility index (Phi) is 4.61. The summed E-state index contributed by atoms with van der Waals surface area (Å²) in [6, 6.07) is 8.23. The minimum Gasteiger partial charge on any atom is -0.398 e. The lowest BCUT2D eigenvalue weighted by molar-refractivity contribution is -0.116. The fourth-order valence-corrected chi connectivity index (χ4v) is 2.75. The van der Waals surface area contributed by atoms with Crippen LogP contribution in [0, 0.1) is 0 Å². The molecule has 2 rings (SSSR count). The predicted octanol–water partition coefficient (Wildman–Crippen LogP) is 2.59. The normalized spacial score (nSPS) is 10.3. The molecule has 0 fully saturated rings. The lowest BCUT2D eigenvalue weighted by Crippen LogP contribution is -2.27. The molecular weight excluding hydrogens is 390 g/mol. The Hall–Kier alpha value is -1.60. The second-order valence-corrected chi connectivity index (χ2v) is 5.87. The molecule has 0 saturated heterocycles. The lowest BCUT2D eigenvalue weighted by Gasteiger charge is -2.09. The molecule has 1 amide bonds. The molecule has 104 valence electrons. The van der Waals surface area contributed by atoms with Crippen LogP contribution in [0.1, 0.15) is 0 Å². The van der Waals surface area contributed by atoms with E-state index in [-0.39, 0.29) is 18.0 Å². The van der Waals surface area contributed by atoms with Crippen molar-refractivity contribution in [1.82, 2.24) is 4.57 Å². The van der Waals surface area contributed by atoms with Crippen LogP contribution in [-0.4, -0.2) is 10.5 Å². The van der Waals surface area contributed by atoms with Crippen LogP contribution >= 0.6 is 31.9 Å². The van der Waals surface area contributed by atoms with Gasteiger partial charge < -0.3 is 15.6 Å². The van der Waals surface area contributed by atoms with Crippen molar-refractivity contribution < 1.29 is 4.79 Å². The highest BCUT2D eigenvalue weighted by atomic mass is 79.9. The third-order valence-corrected chi connectivity index (χ3v) is 3.67. The Morgan fingerprint density at radius 1 is 1.25 bits per heavy atom. The summed E-state index contributed by atoms with van der Waals surface area (Å²) in [4.78, 5) is 23.5. The van der Waals surface area contributed by atoms with Gasteiger partial charge in [0, 0.05) is 26.9 Å². The van der Waals surface area contributed by atoms with Crippen molar-refractivity contribution in [2.24, 2.45) is 0 Å². The fourth-order valence-electron chi connectivity index (χ4n) is 1.61. The number of aromatic nitrogens is 1. The average molecular weight is 401 g/mol. The third kappa shape index (κ3) is 3.71. The minimum absolute atomic E-state index is 0.0909. The molecule has 0 aliphatic rings. The van der Waals surface area contributed by atoms with E-state index < -0.39 is 0 Å². The van der Waals surface area contributed by atoms with Crippen LogP contribution in [0.4, 0.5) is 11.4 Å². The molecule has 0 unspecified atom stereocenters. The van der Waals surface area contributed by atoms with Gasteiger partial charge in [-0.25, -0.2) is 0 Å². The first-order valence-corrected chi connectivity index (χ1v) is 7.25. The summed E-state index contributed by atoms with van der Waals surface area (Å²) in [7, 11) is 0. The van der Waals surface area contributed by atoms with Crippen molar-refractivity contribution in [3.05, 3.63) is 55.8 Å². The number of hydrogen-bond acceptors (Lipinski definition) is 3. The molecule has 5 nitrogen and oxygen atoms in total. The molecule has 20 heavy (non-hydrogen) atoms. The summed E-state index contributed by atoms with van der Waals surface area (Å²) in [5, 5.41) is 2.73. The Bertz CT molecular complexity index is 713. The van der Waals surface area contributed by atoms with Crippen LogP contribution in [0.5, 0.6) is 0 Å². The highest BCUT2D eigenvalue weighted by Gasteiger charge is 2.08. The summed E-state index contributed by atoms with van der Waals surface area (Å²) in [6.45, 7) is -0.0909. The van der Waals surface area contributed by atoms with Crippen LogP contribution in [0.3, 0.4) is 0 Å². The Labute approximate surface area is 132 Å². The van der Waals surface area contributed by atoms with E-state index in [9.17, 15) is 9.59 Å². The van der Waals surface area contributed by atoms with E-state index in [0.717, 1.165) is 8.95 Å². The van der Waals surface area contributed by atoms with Gasteiger partial charge >= 0.3 is 0 Å². The highest BCUT2D eigenvalue weighted by Crippen LogP contribution is 2.26. The van der Waals surface area contributed by atoms with Crippen molar-refractivity contribution in [2.75, 3.05) is 11.1 Å². The van der Waals surface area contributed by atoms with Gasteiger partial charge in [-0.2, -0.15) is 0 Å². The minimum atomic E-state index is -0.305. The van der Waals surface area contributed by atoms with Gasteiger partial charge in [0.05, 0.1) is 5.69 Å². The van der Waals surface area contributed by atoms with Crippen LogP contribution in [0.15, 0.2) is 50.3 Å². The van der Waals surface area contributed by atoms with Crippen LogP contribution in [0.2, 0.25) is 0 Å². The number of hydrogen-bond donors (Lipinski definition) is 2. The van der Waals surface area contributed by atoms with E-state index in [1.54, 1.807) is 6.07 Å². The molecule has 0 atom stereocenters. The first-order chi connectivity index (χ1) is 9.45. The number of halogens is 2. The van der Waals surface area contributed by atoms with E-state index in [1.165, 1.54) is 22.9 Å². The van der Waals surface area contributed by atoms with E-state index in [1.807, 2.05) is 12.1 Å². The number of anilines is 2. The quantitative estimate of drug-likeness (QED) is 0.831. The Morgan fingerprint density at radius 2 is 2.00 bits per heavy atom. The molecule has 0 saturated carbocycles. The number of benzene rings is 1. The summed E-state index contributed by atoms with van der Waals surface area (Å²) >= 11 is 6.69. The van der Waals surface area contributed by atoms with Gasteiger partial charge in [-0.15, -0.1) is 0 Å². The number of carbonyl (C=O) groups is 1. The summed E-state index contributed by atoms with van der Waals surface area (Å²) < 4.78 is 2.91. The molecule has 0 aliphatic heterocycles. The van der Waals surface area contributed by atoms with Gasteiger partial charge in [-0.3, -0.25) is 9.59 Å². The monoisotopic (exact) mass is 399 g/mol. The molecule has 0 bridgehead atoms. The Morgan fingerprint density at radius 3 is 2.70 bits per heavy atom. The summed E-state index contributed by atoms with van der Waals surface area (Å²) in [5.41, 5.74) is 6.39. The maximum absolute atomic E-state index is 11.9. The van der Waals surface area contributed by atoms with E-state index in [4.69, 9.17) is 5.73 Å². The molecule has 2 aromatic rings. The molecule has 3 N–H and O–H groups in total. The van der Waals surface area contributed by atoms with Gasteiger partial charge in [0.1, 0.15) is 6.54 Å². The first kappa shape index (κ1) is 14.8. The average Bonchev–Trinajstić information content (AvgIpc) is 2.37.